The molecule has 0 amide bonds. The lowest BCUT2D eigenvalue weighted by Gasteiger charge is -2.19. The monoisotopic (exact) mass is 324 g/mol. The average Bonchev–Trinajstić information content (AvgIpc) is 2.53. The van der Waals surface area contributed by atoms with Crippen LogP contribution in [-0.2, 0) is 5.92 Å². The van der Waals surface area contributed by atoms with Crippen LogP contribution in [0.1, 0.15) is 12.5 Å². The van der Waals surface area contributed by atoms with Crippen molar-refractivity contribution in [2.24, 2.45) is 0 Å². The second-order valence-corrected chi connectivity index (χ2v) is 5.33. The van der Waals surface area contributed by atoms with E-state index in [0.29, 0.717) is 16.0 Å². The Morgan fingerprint density at radius 2 is 2.18 bits per heavy atom. The van der Waals surface area contributed by atoms with E-state index in [-0.39, 0.29) is 11.7 Å². The van der Waals surface area contributed by atoms with Crippen LogP contribution in [0.5, 0.6) is 0 Å². The highest BCUT2D eigenvalue weighted by Crippen LogP contribution is 2.42. The Morgan fingerprint density at radius 3 is 2.71 bits per heavy atom. The predicted octanol–water partition coefficient (Wildman–Crippen LogP) is 3.99. The predicted molar refractivity (Wildman–Crippen MR) is 70.2 cm³/mol. The highest BCUT2D eigenvalue weighted by atomic mass is 79.9. The van der Waals surface area contributed by atoms with Gasteiger partial charge in [0.1, 0.15) is 6.17 Å². The summed E-state index contributed by atoms with van der Waals surface area (Å²) in [5.41, 5.74) is 1.54. The van der Waals surface area contributed by atoms with Crippen molar-refractivity contribution in [3.8, 4) is 0 Å². The van der Waals surface area contributed by atoms with Crippen molar-refractivity contribution in [3.05, 3.63) is 22.2 Å². The molecule has 1 atom stereocenters. The molecular formula is C11H12BrClF2N2. The van der Waals surface area contributed by atoms with Crippen LogP contribution >= 0.6 is 27.5 Å². The summed E-state index contributed by atoms with van der Waals surface area (Å²) in [7, 11) is 1.88. The van der Waals surface area contributed by atoms with Gasteiger partial charge in [-0.3, -0.25) is 0 Å². The number of benzene rings is 1. The Hall–Kier alpha value is -0.550. The maximum Gasteiger partial charge on any atom is 0.271 e. The molecule has 6 heteroatoms. The first-order valence-electron chi connectivity index (χ1n) is 5.11. The summed E-state index contributed by atoms with van der Waals surface area (Å²) >= 11 is 8.99. The van der Waals surface area contributed by atoms with Gasteiger partial charge in [0.15, 0.2) is 0 Å². The van der Waals surface area contributed by atoms with Gasteiger partial charge in [-0.05, 0) is 12.1 Å². The fourth-order valence-corrected chi connectivity index (χ4v) is 2.86. The fourth-order valence-electron chi connectivity index (χ4n) is 1.89. The molecule has 2 rings (SSSR count). The number of halogens is 4. The number of hydrogen-bond acceptors (Lipinski definition) is 2. The maximum atomic E-state index is 13.4. The van der Waals surface area contributed by atoms with Crippen LogP contribution in [0, 0.1) is 0 Å². The van der Waals surface area contributed by atoms with E-state index in [1.807, 2.05) is 11.9 Å². The molecule has 0 fully saturated rings. The Kier molecular flexibility index (Phi) is 3.25. The van der Waals surface area contributed by atoms with Gasteiger partial charge >= 0.3 is 0 Å². The highest BCUT2D eigenvalue weighted by Gasteiger charge is 2.32. The minimum absolute atomic E-state index is 0.0210. The van der Waals surface area contributed by atoms with E-state index in [0.717, 1.165) is 12.6 Å². The lowest BCUT2D eigenvalue weighted by molar-refractivity contribution is 0.0168. The quantitative estimate of drug-likeness (QED) is 0.827. The molecule has 1 heterocycles. The number of hydrogen-bond donors (Lipinski definition) is 1. The van der Waals surface area contributed by atoms with Gasteiger partial charge in [0.2, 0.25) is 0 Å². The molecule has 0 spiro atoms. The van der Waals surface area contributed by atoms with Gasteiger partial charge in [-0.15, -0.1) is 11.6 Å². The number of nitrogens with zero attached hydrogens (tertiary/aromatic N) is 1. The fraction of sp³-hybridized carbons (Fsp3) is 0.455. The lowest BCUT2D eigenvalue weighted by Crippen LogP contribution is -2.33. The van der Waals surface area contributed by atoms with Crippen molar-refractivity contribution < 1.29 is 8.78 Å². The molecule has 0 aromatic heterocycles. The largest absolute Gasteiger partial charge is 0.363 e. The zero-order valence-electron chi connectivity index (χ0n) is 9.40. The summed E-state index contributed by atoms with van der Waals surface area (Å²) in [6.45, 7) is 0.886. The van der Waals surface area contributed by atoms with E-state index in [1.54, 1.807) is 6.07 Å². The summed E-state index contributed by atoms with van der Waals surface area (Å²) in [5.74, 6) is -2.48. The Balaban J connectivity index is 2.48. The number of fused-ring (bicyclic) bond motifs is 1. The van der Waals surface area contributed by atoms with E-state index in [2.05, 4.69) is 21.2 Å². The smallest absolute Gasteiger partial charge is 0.271 e. The van der Waals surface area contributed by atoms with Gasteiger partial charge < -0.3 is 10.2 Å². The Labute approximate surface area is 112 Å². The molecule has 0 saturated heterocycles. The minimum atomic E-state index is -2.87. The Bertz CT molecular complexity index is 448. The van der Waals surface area contributed by atoms with E-state index in [1.165, 1.54) is 6.07 Å². The number of anilines is 2. The maximum absolute atomic E-state index is 13.4. The number of alkyl halides is 3. The van der Waals surface area contributed by atoms with Gasteiger partial charge in [-0.25, -0.2) is 8.78 Å². The lowest BCUT2D eigenvalue weighted by atomic mass is 10.1. The van der Waals surface area contributed by atoms with Gasteiger partial charge in [0.05, 0.1) is 17.3 Å². The molecular weight excluding hydrogens is 313 g/mol. The third-order valence-electron chi connectivity index (χ3n) is 2.87. The van der Waals surface area contributed by atoms with Crippen molar-refractivity contribution >= 4 is 38.9 Å². The van der Waals surface area contributed by atoms with Crippen molar-refractivity contribution in [1.82, 2.24) is 0 Å². The molecule has 1 aliphatic rings. The number of rotatable bonds is 2. The van der Waals surface area contributed by atoms with Crippen LogP contribution in [0.4, 0.5) is 20.2 Å². The molecule has 1 aromatic rings. The van der Waals surface area contributed by atoms with Gasteiger partial charge in [0, 0.05) is 24.0 Å². The summed E-state index contributed by atoms with van der Waals surface area (Å²) in [5, 5.41) is 3.11. The summed E-state index contributed by atoms with van der Waals surface area (Å²) in [6.07, 6.45) is -0.0562. The average molecular weight is 326 g/mol. The van der Waals surface area contributed by atoms with Crippen molar-refractivity contribution in [2.75, 3.05) is 23.1 Å². The first kappa shape index (κ1) is 12.9. The molecule has 1 unspecified atom stereocenters. The first-order valence-corrected chi connectivity index (χ1v) is 6.44. The SMILES string of the molecule is CN1c2cc(Br)c(C(C)(F)F)cc2NC1CCl. The normalized spacial score (nSPS) is 19.2. The molecule has 0 bridgehead atoms. The standard InChI is InChI=1S/C11H12BrClF2N2/c1-11(14,15)6-3-8-9(4-7(6)12)17(2)10(5-13)16-8/h3-4,10,16H,5H2,1-2H3. The van der Waals surface area contributed by atoms with E-state index in [4.69, 9.17) is 11.6 Å². The molecule has 1 aliphatic heterocycles. The van der Waals surface area contributed by atoms with Crippen LogP contribution in [0.2, 0.25) is 0 Å². The zero-order valence-corrected chi connectivity index (χ0v) is 11.7. The number of nitrogens with one attached hydrogen (secondary N) is 1. The topological polar surface area (TPSA) is 15.3 Å². The first-order chi connectivity index (χ1) is 7.84. The molecule has 2 nitrogen and oxygen atoms in total. The van der Waals surface area contributed by atoms with Gasteiger partial charge in [-0.2, -0.15) is 0 Å². The molecule has 94 valence electrons. The summed E-state index contributed by atoms with van der Waals surface area (Å²) < 4.78 is 27.1. The summed E-state index contributed by atoms with van der Waals surface area (Å²) in [6, 6.07) is 3.17. The molecule has 17 heavy (non-hydrogen) atoms. The second kappa shape index (κ2) is 4.28. The van der Waals surface area contributed by atoms with Crippen LogP contribution in [0.25, 0.3) is 0 Å². The Morgan fingerprint density at radius 1 is 1.53 bits per heavy atom. The molecule has 1 N–H and O–H groups in total. The van der Waals surface area contributed by atoms with Gasteiger partial charge in [-0.1, -0.05) is 15.9 Å². The highest BCUT2D eigenvalue weighted by molar-refractivity contribution is 9.10. The molecule has 0 saturated carbocycles. The third kappa shape index (κ3) is 2.22. The van der Waals surface area contributed by atoms with Crippen molar-refractivity contribution in [3.63, 3.8) is 0 Å². The van der Waals surface area contributed by atoms with Crippen LogP contribution in [0.15, 0.2) is 16.6 Å². The van der Waals surface area contributed by atoms with Crippen molar-refractivity contribution in [2.45, 2.75) is 19.0 Å². The molecule has 0 aliphatic carbocycles. The van der Waals surface area contributed by atoms with E-state index < -0.39 is 5.92 Å². The van der Waals surface area contributed by atoms with Crippen molar-refractivity contribution in [1.29, 1.82) is 0 Å². The van der Waals surface area contributed by atoms with Crippen LogP contribution in [0.3, 0.4) is 0 Å². The van der Waals surface area contributed by atoms with Crippen LogP contribution in [-0.4, -0.2) is 19.1 Å². The minimum Gasteiger partial charge on any atom is -0.363 e. The van der Waals surface area contributed by atoms with Crippen LogP contribution < -0.4 is 10.2 Å². The molecule has 0 radical (unpaired) electrons. The third-order valence-corrected chi connectivity index (χ3v) is 3.82. The summed E-state index contributed by atoms with van der Waals surface area (Å²) in [4.78, 5) is 1.94. The second-order valence-electron chi connectivity index (χ2n) is 4.16. The van der Waals surface area contributed by atoms with E-state index in [9.17, 15) is 8.78 Å². The zero-order chi connectivity index (χ0) is 12.8. The molecule has 1 aromatic carbocycles. The van der Waals surface area contributed by atoms with E-state index >= 15 is 0 Å². The van der Waals surface area contributed by atoms with Gasteiger partial charge in [0.25, 0.3) is 5.92 Å².